The van der Waals surface area contributed by atoms with Crippen molar-refractivity contribution in [2.75, 3.05) is 18.2 Å². The molecule has 1 amide bonds. The molecule has 3 aromatic rings. The summed E-state index contributed by atoms with van der Waals surface area (Å²) < 4.78 is 5.73. The van der Waals surface area contributed by atoms with Crippen LogP contribution in [-0.4, -0.2) is 34.8 Å². The number of nitrogens with zero attached hydrogens (tertiary/aromatic N) is 2. The van der Waals surface area contributed by atoms with Crippen molar-refractivity contribution < 1.29 is 14.3 Å². The van der Waals surface area contributed by atoms with Crippen molar-refractivity contribution in [2.24, 2.45) is 0 Å². The third kappa shape index (κ3) is 6.14. The Hall–Kier alpha value is -2.71. The molecule has 8 heteroatoms. The van der Waals surface area contributed by atoms with Crippen LogP contribution in [0.15, 0.2) is 52.9 Å². The van der Waals surface area contributed by atoms with Gasteiger partial charge in [0.1, 0.15) is 5.75 Å². The molecule has 0 unspecified atom stereocenters. The van der Waals surface area contributed by atoms with Crippen LogP contribution in [0.3, 0.4) is 0 Å². The first kappa shape index (κ1) is 22.0. The summed E-state index contributed by atoms with van der Waals surface area (Å²) in [6, 6.07) is 14.6. The third-order valence-corrected chi connectivity index (χ3v) is 6.37. The lowest BCUT2D eigenvalue weighted by Crippen LogP contribution is -2.11. The van der Waals surface area contributed by atoms with Gasteiger partial charge in [-0.15, -0.1) is 10.2 Å². The first-order valence-corrected chi connectivity index (χ1v) is 11.4. The Bertz CT molecular complexity index is 986. The molecule has 1 heterocycles. The van der Waals surface area contributed by atoms with Crippen molar-refractivity contribution in [1.82, 2.24) is 10.2 Å². The number of methoxy groups -OCH3 is 1. The van der Waals surface area contributed by atoms with Crippen molar-refractivity contribution in [3.05, 3.63) is 65.2 Å². The zero-order valence-corrected chi connectivity index (χ0v) is 18.5. The maximum atomic E-state index is 12.4. The molecule has 0 aliphatic rings. The summed E-state index contributed by atoms with van der Waals surface area (Å²) in [5.74, 6) is 0.721. The quantitative estimate of drug-likeness (QED) is 0.267. The van der Waals surface area contributed by atoms with Crippen LogP contribution in [0, 0.1) is 0 Å². The predicted molar refractivity (Wildman–Crippen MR) is 121 cm³/mol. The molecule has 1 N–H and O–H groups in total. The standard InChI is InChI=1S/C22H23N3O3S2/c1-3-4-5-15-6-8-17(9-7-15)20(27)23-21-24-25-22(30-21)29-14-19(26)16-10-12-18(28-2)13-11-16/h6-13H,3-5,14H2,1-2H3,(H,23,24,27). The monoisotopic (exact) mass is 441 g/mol. The van der Waals surface area contributed by atoms with Crippen LogP contribution in [0.4, 0.5) is 5.13 Å². The molecule has 156 valence electrons. The number of aryl methyl sites for hydroxylation is 1. The van der Waals surface area contributed by atoms with Crippen LogP contribution in [0.1, 0.15) is 46.0 Å². The molecule has 0 aliphatic carbocycles. The number of hydrogen-bond acceptors (Lipinski definition) is 7. The molecule has 1 aromatic heterocycles. The topological polar surface area (TPSA) is 81.2 Å². The lowest BCUT2D eigenvalue weighted by atomic mass is 10.1. The fourth-order valence-electron chi connectivity index (χ4n) is 2.68. The molecule has 0 spiro atoms. The van der Waals surface area contributed by atoms with Gasteiger partial charge >= 0.3 is 0 Å². The van der Waals surface area contributed by atoms with E-state index in [4.69, 9.17) is 4.74 Å². The van der Waals surface area contributed by atoms with E-state index in [9.17, 15) is 9.59 Å². The number of Topliss-reactive ketones (excluding diaryl/α,β-unsaturated/α-hetero) is 1. The van der Waals surface area contributed by atoms with Gasteiger partial charge in [0.15, 0.2) is 10.1 Å². The van der Waals surface area contributed by atoms with Crippen LogP contribution in [-0.2, 0) is 6.42 Å². The number of thioether (sulfide) groups is 1. The van der Waals surface area contributed by atoms with Crippen LogP contribution in [0.5, 0.6) is 5.75 Å². The molecule has 30 heavy (non-hydrogen) atoms. The second-order valence-electron chi connectivity index (χ2n) is 6.57. The summed E-state index contributed by atoms with van der Waals surface area (Å²) in [6.45, 7) is 2.16. The van der Waals surface area contributed by atoms with E-state index in [1.54, 1.807) is 31.4 Å². The van der Waals surface area contributed by atoms with Crippen molar-refractivity contribution >= 4 is 39.9 Å². The molecular formula is C22H23N3O3S2. The van der Waals surface area contributed by atoms with Gasteiger partial charge < -0.3 is 4.74 Å². The number of amides is 1. The van der Waals surface area contributed by atoms with E-state index in [1.165, 1.54) is 28.7 Å². The predicted octanol–water partition coefficient (Wildman–Crippen LogP) is 5.12. The molecule has 0 bridgehead atoms. The summed E-state index contributed by atoms with van der Waals surface area (Å²) >= 11 is 2.55. The molecule has 2 aromatic carbocycles. The minimum atomic E-state index is -0.223. The van der Waals surface area contributed by atoms with Gasteiger partial charge in [0.2, 0.25) is 5.13 Å². The Morgan fingerprint density at radius 1 is 1.03 bits per heavy atom. The second kappa shape index (κ2) is 10.9. The number of rotatable bonds is 10. The number of ether oxygens (including phenoxy) is 1. The lowest BCUT2D eigenvalue weighted by Gasteiger charge is -2.03. The summed E-state index contributed by atoms with van der Waals surface area (Å²) in [6.07, 6.45) is 3.30. The first-order valence-electron chi connectivity index (χ1n) is 9.63. The lowest BCUT2D eigenvalue weighted by molar-refractivity contribution is 0.101. The van der Waals surface area contributed by atoms with Gasteiger partial charge in [0.25, 0.3) is 5.91 Å². The fraction of sp³-hybridized carbons (Fsp3) is 0.273. The maximum absolute atomic E-state index is 12.4. The highest BCUT2D eigenvalue weighted by molar-refractivity contribution is 8.01. The summed E-state index contributed by atoms with van der Waals surface area (Å²) in [5.41, 5.74) is 2.42. The van der Waals surface area contributed by atoms with E-state index in [-0.39, 0.29) is 17.4 Å². The molecule has 0 radical (unpaired) electrons. The van der Waals surface area contributed by atoms with Gasteiger partial charge in [-0.1, -0.05) is 48.6 Å². The minimum Gasteiger partial charge on any atom is -0.497 e. The molecule has 0 atom stereocenters. The van der Waals surface area contributed by atoms with E-state index in [2.05, 4.69) is 22.4 Å². The zero-order valence-electron chi connectivity index (χ0n) is 16.9. The number of anilines is 1. The van der Waals surface area contributed by atoms with Crippen LogP contribution in [0.2, 0.25) is 0 Å². The van der Waals surface area contributed by atoms with E-state index in [0.29, 0.717) is 26.3 Å². The number of benzene rings is 2. The van der Waals surface area contributed by atoms with Gasteiger partial charge in [-0.05, 0) is 54.8 Å². The van der Waals surface area contributed by atoms with Crippen molar-refractivity contribution in [3.8, 4) is 5.75 Å². The van der Waals surface area contributed by atoms with Gasteiger partial charge in [0, 0.05) is 11.1 Å². The van der Waals surface area contributed by atoms with Gasteiger partial charge in [-0.2, -0.15) is 0 Å². The highest BCUT2D eigenvalue weighted by Crippen LogP contribution is 2.26. The maximum Gasteiger partial charge on any atom is 0.257 e. The number of carbonyl (C=O) groups excluding carboxylic acids is 2. The molecular weight excluding hydrogens is 418 g/mol. The Balaban J connectivity index is 1.51. The van der Waals surface area contributed by atoms with Gasteiger partial charge in [-0.3, -0.25) is 14.9 Å². The smallest absolute Gasteiger partial charge is 0.257 e. The van der Waals surface area contributed by atoms with E-state index in [0.717, 1.165) is 19.3 Å². The molecule has 0 aliphatic heterocycles. The van der Waals surface area contributed by atoms with Crippen molar-refractivity contribution in [3.63, 3.8) is 0 Å². The zero-order chi connectivity index (χ0) is 21.3. The number of unbranched alkanes of at least 4 members (excludes halogenated alkanes) is 1. The molecule has 0 saturated carbocycles. The fourth-order valence-corrected chi connectivity index (χ4v) is 4.32. The van der Waals surface area contributed by atoms with E-state index >= 15 is 0 Å². The minimum absolute atomic E-state index is 0.00778. The largest absolute Gasteiger partial charge is 0.497 e. The summed E-state index contributed by atoms with van der Waals surface area (Å²) in [4.78, 5) is 24.7. The average Bonchev–Trinajstić information content (AvgIpc) is 3.23. The van der Waals surface area contributed by atoms with Crippen LogP contribution >= 0.6 is 23.1 Å². The Morgan fingerprint density at radius 3 is 2.40 bits per heavy atom. The van der Waals surface area contributed by atoms with E-state index < -0.39 is 0 Å². The molecule has 6 nitrogen and oxygen atoms in total. The Labute approximate surface area is 184 Å². The van der Waals surface area contributed by atoms with Crippen LogP contribution < -0.4 is 10.1 Å². The molecule has 3 rings (SSSR count). The number of carbonyl (C=O) groups is 2. The molecule has 0 fully saturated rings. The van der Waals surface area contributed by atoms with Gasteiger partial charge in [-0.25, -0.2) is 0 Å². The highest BCUT2D eigenvalue weighted by Gasteiger charge is 2.13. The average molecular weight is 442 g/mol. The summed E-state index contributed by atoms with van der Waals surface area (Å²) in [5, 5.41) is 11.2. The van der Waals surface area contributed by atoms with Crippen LogP contribution in [0.25, 0.3) is 0 Å². The number of aromatic nitrogens is 2. The van der Waals surface area contributed by atoms with Gasteiger partial charge in [0.05, 0.1) is 12.9 Å². The first-order chi connectivity index (χ1) is 14.6. The Morgan fingerprint density at radius 2 is 1.73 bits per heavy atom. The second-order valence-corrected chi connectivity index (χ2v) is 8.77. The molecule has 0 saturated heterocycles. The highest BCUT2D eigenvalue weighted by atomic mass is 32.2. The Kier molecular flexibility index (Phi) is 7.98. The SMILES string of the molecule is CCCCc1ccc(C(=O)Nc2nnc(SCC(=O)c3ccc(OC)cc3)s2)cc1. The number of hydrogen-bond donors (Lipinski definition) is 1. The van der Waals surface area contributed by atoms with Crippen molar-refractivity contribution in [1.29, 1.82) is 0 Å². The number of nitrogens with one attached hydrogen (secondary N) is 1. The normalized spacial score (nSPS) is 10.6. The van der Waals surface area contributed by atoms with Crippen molar-refractivity contribution in [2.45, 2.75) is 30.5 Å². The van der Waals surface area contributed by atoms with E-state index in [1.807, 2.05) is 24.3 Å². The number of ketones is 1. The third-order valence-electron chi connectivity index (χ3n) is 4.40. The summed E-state index contributed by atoms with van der Waals surface area (Å²) in [7, 11) is 1.58.